The summed E-state index contributed by atoms with van der Waals surface area (Å²) in [7, 11) is 0. The first-order valence-corrected chi connectivity index (χ1v) is 17.6. The highest BCUT2D eigenvalue weighted by molar-refractivity contribution is 5.98. The van der Waals surface area contributed by atoms with Gasteiger partial charge in [0.25, 0.3) is 5.91 Å². The number of amides is 5. The van der Waals surface area contributed by atoms with Crippen molar-refractivity contribution in [3.05, 3.63) is 47.3 Å². The van der Waals surface area contributed by atoms with Gasteiger partial charge in [-0.05, 0) is 64.0 Å². The predicted octanol–water partition coefficient (Wildman–Crippen LogP) is 4.24. The summed E-state index contributed by atoms with van der Waals surface area (Å²) in [6.45, 7) is 9.41. The fraction of sp³-hybridized carbons (Fsp3) is 0.639. The van der Waals surface area contributed by atoms with Crippen LogP contribution in [0.5, 0.6) is 0 Å². The first-order valence-electron chi connectivity index (χ1n) is 17.6. The Balaban J connectivity index is 1.38. The molecule has 0 spiro atoms. The van der Waals surface area contributed by atoms with Crippen LogP contribution in [0.15, 0.2) is 30.4 Å². The van der Waals surface area contributed by atoms with Crippen molar-refractivity contribution in [3.63, 3.8) is 0 Å². The van der Waals surface area contributed by atoms with Crippen molar-refractivity contribution < 1.29 is 42.7 Å². The Morgan fingerprint density at radius 3 is 2.62 bits per heavy atom. The van der Waals surface area contributed by atoms with Gasteiger partial charge in [0.05, 0.1) is 19.7 Å². The Kier molecular flexibility index (Phi) is 11.4. The number of nitrogens with one attached hydrogen (secondary N) is 3. The average Bonchev–Trinajstić information content (AvgIpc) is 3.33. The van der Waals surface area contributed by atoms with E-state index in [1.165, 1.54) is 15.9 Å². The van der Waals surface area contributed by atoms with E-state index in [0.29, 0.717) is 30.4 Å². The third-order valence-electron chi connectivity index (χ3n) is 9.37. The van der Waals surface area contributed by atoms with Gasteiger partial charge in [0.2, 0.25) is 11.8 Å². The summed E-state index contributed by atoms with van der Waals surface area (Å²) >= 11 is 0. The number of carbonyl (C=O) groups is 5. The number of nitrogens with zero attached hydrogens (tertiary/aromatic N) is 2. The van der Waals surface area contributed by atoms with E-state index in [1.807, 2.05) is 26.0 Å². The van der Waals surface area contributed by atoms with Crippen LogP contribution >= 0.6 is 0 Å². The maximum atomic E-state index is 14.4. The van der Waals surface area contributed by atoms with E-state index in [0.717, 1.165) is 19.3 Å². The van der Waals surface area contributed by atoms with Gasteiger partial charge in [0, 0.05) is 24.4 Å². The second-order valence-electron chi connectivity index (χ2n) is 15.2. The Labute approximate surface area is 292 Å². The summed E-state index contributed by atoms with van der Waals surface area (Å²) in [5.41, 5.74) is 1.51. The highest BCUT2D eigenvalue weighted by Crippen LogP contribution is 2.45. The fourth-order valence-electron chi connectivity index (χ4n) is 6.71. The molecule has 0 unspecified atom stereocenters. The molecule has 5 atom stereocenters. The predicted molar refractivity (Wildman–Crippen MR) is 179 cm³/mol. The van der Waals surface area contributed by atoms with Crippen molar-refractivity contribution in [3.8, 4) is 0 Å². The summed E-state index contributed by atoms with van der Waals surface area (Å²) in [5.74, 6) is -2.13. The quantitative estimate of drug-likeness (QED) is 0.294. The normalized spacial score (nSPS) is 26.9. The number of hydroxylamine groups is 1. The molecule has 3 heterocycles. The summed E-state index contributed by atoms with van der Waals surface area (Å²) in [6.07, 6.45) is 5.18. The van der Waals surface area contributed by atoms with Gasteiger partial charge < -0.3 is 25.0 Å². The Morgan fingerprint density at radius 2 is 1.90 bits per heavy atom. The Morgan fingerprint density at radius 1 is 1.12 bits per heavy atom. The number of alkyl carbamates (subject to hydrolysis) is 1. The number of allylic oxidation sites excluding steroid dienone is 1. The van der Waals surface area contributed by atoms with E-state index in [2.05, 4.69) is 16.1 Å². The van der Waals surface area contributed by atoms with Gasteiger partial charge in [-0.3, -0.25) is 24.1 Å². The van der Waals surface area contributed by atoms with Crippen LogP contribution < -0.4 is 16.1 Å². The molecule has 13 nitrogen and oxygen atoms in total. The van der Waals surface area contributed by atoms with Crippen LogP contribution in [0.1, 0.15) is 90.7 Å². The third kappa shape index (κ3) is 8.93. The van der Waals surface area contributed by atoms with Crippen LogP contribution in [-0.2, 0) is 41.8 Å². The molecule has 50 heavy (non-hydrogen) atoms. The summed E-state index contributed by atoms with van der Waals surface area (Å²) in [6, 6.07) is 2.54. The van der Waals surface area contributed by atoms with E-state index in [9.17, 15) is 28.4 Å². The maximum Gasteiger partial charge on any atom is 0.410 e. The van der Waals surface area contributed by atoms with Crippen LogP contribution in [0.3, 0.4) is 0 Å². The lowest BCUT2D eigenvalue weighted by Gasteiger charge is -2.30. The molecule has 3 aliphatic heterocycles. The van der Waals surface area contributed by atoms with Gasteiger partial charge in [-0.25, -0.2) is 19.5 Å². The van der Waals surface area contributed by atoms with Crippen molar-refractivity contribution in [2.24, 2.45) is 11.8 Å². The van der Waals surface area contributed by atoms with Gasteiger partial charge in [0.15, 0.2) is 0 Å². The highest BCUT2D eigenvalue weighted by atomic mass is 19.1. The lowest BCUT2D eigenvalue weighted by atomic mass is 10.0. The van der Waals surface area contributed by atoms with Crippen molar-refractivity contribution in [1.29, 1.82) is 0 Å². The van der Waals surface area contributed by atoms with Crippen LogP contribution in [0.2, 0.25) is 0 Å². The molecule has 1 saturated carbocycles. The molecule has 3 N–H and O–H groups in total. The van der Waals surface area contributed by atoms with E-state index in [4.69, 9.17) is 14.3 Å². The van der Waals surface area contributed by atoms with Crippen molar-refractivity contribution >= 4 is 29.9 Å². The molecule has 274 valence electrons. The van der Waals surface area contributed by atoms with Gasteiger partial charge in [-0.1, -0.05) is 51.0 Å². The van der Waals surface area contributed by atoms with Gasteiger partial charge in [-0.2, -0.15) is 0 Å². The lowest BCUT2D eigenvalue weighted by molar-refractivity contribution is -0.144. The van der Waals surface area contributed by atoms with E-state index in [1.54, 1.807) is 32.9 Å². The van der Waals surface area contributed by atoms with Gasteiger partial charge >= 0.3 is 12.2 Å². The number of carbonyl (C=O) groups excluding carboxylic acids is 5. The molecular formula is C36H50FN5O8. The second kappa shape index (κ2) is 15.4. The highest BCUT2D eigenvalue weighted by Gasteiger charge is 2.61. The molecule has 4 aliphatic rings. The molecule has 1 saturated heterocycles. The van der Waals surface area contributed by atoms with Crippen LogP contribution in [-0.4, -0.2) is 82.2 Å². The number of benzene rings is 1. The molecule has 1 aliphatic carbocycles. The van der Waals surface area contributed by atoms with E-state index < -0.39 is 65.1 Å². The molecule has 0 bridgehead atoms. The second-order valence-corrected chi connectivity index (χ2v) is 15.2. The number of halogens is 1. The number of ether oxygens (including phenoxy) is 2. The Bertz CT molecular complexity index is 1490. The van der Waals surface area contributed by atoms with Gasteiger partial charge in [0.1, 0.15) is 35.1 Å². The van der Waals surface area contributed by atoms with E-state index in [-0.39, 0.29) is 44.5 Å². The molecule has 0 radical (unpaired) electrons. The van der Waals surface area contributed by atoms with Crippen LogP contribution in [0.4, 0.5) is 14.0 Å². The standard InChI is InChI=1S/C36H50FN5O8/c1-22(2)21-48-40-32(45)36-17-24(36)13-9-7-6-8-10-15-28(38-33(46)50-35(3,4)5)31(44)42-19-25(16-29(42)30(43)39-36)49-34(47)41-18-23-12-11-14-27(37)26(23)20-41/h9,11-14,22,24-25,28-29H,6-8,10,15-21H2,1-5H3,(H,38,46)(H,39,43)(H,40,45)/t24-,25-,28+,29+,36-/m1/s1. The zero-order chi connectivity index (χ0) is 36.2. The third-order valence-corrected chi connectivity index (χ3v) is 9.37. The number of rotatable bonds is 6. The molecule has 1 aromatic rings. The van der Waals surface area contributed by atoms with Crippen molar-refractivity contribution in [1.82, 2.24) is 25.9 Å². The SMILES string of the molecule is CC(C)CONC(=O)[C@@]12C[C@H]1C=CCCCCC[C@H](NC(=O)OC(C)(C)C)C(=O)N1C[C@H](OC(=O)N3Cc4cccc(F)c4C3)C[C@H]1C(=O)N2. The zero-order valence-corrected chi connectivity index (χ0v) is 29.6. The first-order chi connectivity index (χ1) is 23.7. The summed E-state index contributed by atoms with van der Waals surface area (Å²) in [4.78, 5) is 76.2. The minimum atomic E-state index is -1.28. The van der Waals surface area contributed by atoms with Gasteiger partial charge in [-0.15, -0.1) is 0 Å². The summed E-state index contributed by atoms with van der Waals surface area (Å²) in [5, 5.41) is 5.63. The van der Waals surface area contributed by atoms with Crippen molar-refractivity contribution in [2.45, 2.75) is 122 Å². The fourth-order valence-corrected chi connectivity index (χ4v) is 6.71. The maximum absolute atomic E-state index is 14.4. The molecule has 2 fully saturated rings. The minimum absolute atomic E-state index is 0.0351. The molecule has 14 heteroatoms. The largest absolute Gasteiger partial charge is 0.444 e. The van der Waals surface area contributed by atoms with Crippen LogP contribution in [0.25, 0.3) is 0 Å². The molecular weight excluding hydrogens is 649 g/mol. The van der Waals surface area contributed by atoms with Crippen LogP contribution in [0, 0.1) is 17.7 Å². The average molecular weight is 700 g/mol. The minimum Gasteiger partial charge on any atom is -0.444 e. The smallest absolute Gasteiger partial charge is 0.410 e. The summed E-state index contributed by atoms with van der Waals surface area (Å²) < 4.78 is 25.7. The molecule has 5 rings (SSSR count). The molecule has 5 amide bonds. The number of hydrogen-bond donors (Lipinski definition) is 3. The van der Waals surface area contributed by atoms with E-state index >= 15 is 0 Å². The number of fused-ring (bicyclic) bond motifs is 3. The monoisotopic (exact) mass is 699 g/mol. The van der Waals surface area contributed by atoms with Crippen molar-refractivity contribution in [2.75, 3.05) is 13.2 Å². The lowest BCUT2D eigenvalue weighted by Crippen LogP contribution is -2.58. The number of hydrogen-bond acceptors (Lipinski definition) is 8. The first kappa shape index (κ1) is 37.1. The molecule has 0 aromatic heterocycles. The topological polar surface area (TPSA) is 156 Å². The molecule has 1 aromatic carbocycles. The Hall–Kier alpha value is -4.20. The zero-order valence-electron chi connectivity index (χ0n) is 29.6.